The van der Waals surface area contributed by atoms with Crippen molar-refractivity contribution in [3.63, 3.8) is 0 Å². The van der Waals surface area contributed by atoms with E-state index in [2.05, 4.69) is 18.8 Å². The van der Waals surface area contributed by atoms with Crippen molar-refractivity contribution in [2.24, 2.45) is 11.1 Å². The number of hydrogen-bond donors (Lipinski definition) is 1. The fraction of sp³-hybridized carbons (Fsp3) is 0.500. The molecule has 2 rings (SSSR count). The maximum Gasteiger partial charge on any atom is 0.244 e. The van der Waals surface area contributed by atoms with Gasteiger partial charge in [-0.1, -0.05) is 26.1 Å². The van der Waals surface area contributed by atoms with Crippen molar-refractivity contribution in [1.29, 1.82) is 0 Å². The number of sulfonamides is 1. The van der Waals surface area contributed by atoms with Gasteiger partial charge < -0.3 is 5.73 Å². The van der Waals surface area contributed by atoms with Crippen LogP contribution in [0.25, 0.3) is 0 Å². The SMILES string of the molecule is CC1(C)CCN(S(=O)(=O)c2ccc(C(N)=S)nc2)C1. The van der Waals surface area contributed by atoms with Gasteiger partial charge in [0.05, 0.1) is 5.69 Å². The van der Waals surface area contributed by atoms with Crippen molar-refractivity contribution in [3.05, 3.63) is 24.0 Å². The van der Waals surface area contributed by atoms with Crippen LogP contribution in [0.1, 0.15) is 26.0 Å². The molecule has 2 N–H and O–H groups in total. The molecule has 1 aromatic rings. The van der Waals surface area contributed by atoms with E-state index in [0.717, 1.165) is 6.42 Å². The summed E-state index contributed by atoms with van der Waals surface area (Å²) < 4.78 is 26.4. The number of rotatable bonds is 3. The summed E-state index contributed by atoms with van der Waals surface area (Å²) in [7, 11) is -3.47. The Bertz CT molecular complexity index is 594. The van der Waals surface area contributed by atoms with Crippen LogP contribution in [0.3, 0.4) is 0 Å². The van der Waals surface area contributed by atoms with E-state index in [9.17, 15) is 8.42 Å². The monoisotopic (exact) mass is 299 g/mol. The van der Waals surface area contributed by atoms with Crippen molar-refractivity contribution in [3.8, 4) is 0 Å². The Morgan fingerprint density at radius 3 is 2.58 bits per heavy atom. The molecule has 0 radical (unpaired) electrons. The molecule has 5 nitrogen and oxygen atoms in total. The van der Waals surface area contributed by atoms with Crippen molar-refractivity contribution in [2.45, 2.75) is 25.2 Å². The first-order chi connectivity index (χ1) is 8.72. The van der Waals surface area contributed by atoms with Gasteiger partial charge in [-0.05, 0) is 24.0 Å². The summed E-state index contributed by atoms with van der Waals surface area (Å²) in [6.45, 7) is 5.21. The summed E-state index contributed by atoms with van der Waals surface area (Å²) in [4.78, 5) is 4.32. The zero-order chi connectivity index (χ0) is 14.3. The van der Waals surface area contributed by atoms with Crippen LogP contribution < -0.4 is 5.73 Å². The average Bonchev–Trinajstić information content (AvgIpc) is 2.70. The van der Waals surface area contributed by atoms with Gasteiger partial charge in [-0.3, -0.25) is 4.98 Å². The fourth-order valence-electron chi connectivity index (χ4n) is 2.10. The van der Waals surface area contributed by atoms with Crippen LogP contribution in [0.5, 0.6) is 0 Å². The second kappa shape index (κ2) is 4.81. The normalized spacial score (nSPS) is 19.5. The molecule has 7 heteroatoms. The highest BCUT2D eigenvalue weighted by atomic mass is 32.2. The van der Waals surface area contributed by atoms with Gasteiger partial charge in [0.1, 0.15) is 9.88 Å². The number of hydrogen-bond acceptors (Lipinski definition) is 4. The highest BCUT2D eigenvalue weighted by molar-refractivity contribution is 7.89. The Kier molecular flexibility index (Phi) is 3.63. The zero-order valence-corrected chi connectivity index (χ0v) is 12.6. The van der Waals surface area contributed by atoms with E-state index in [0.29, 0.717) is 18.8 Å². The first-order valence-electron chi connectivity index (χ1n) is 5.98. The van der Waals surface area contributed by atoms with E-state index in [1.165, 1.54) is 22.6 Å². The topological polar surface area (TPSA) is 76.3 Å². The van der Waals surface area contributed by atoms with E-state index in [1.54, 1.807) is 0 Å². The minimum atomic E-state index is -3.47. The van der Waals surface area contributed by atoms with Crippen LogP contribution in [0.2, 0.25) is 0 Å². The molecule has 0 unspecified atom stereocenters. The first kappa shape index (κ1) is 14.4. The lowest BCUT2D eigenvalue weighted by Gasteiger charge is -2.19. The molecule has 0 atom stereocenters. The van der Waals surface area contributed by atoms with Crippen molar-refractivity contribution in [1.82, 2.24) is 9.29 Å². The van der Waals surface area contributed by atoms with Crippen LogP contribution in [-0.4, -0.2) is 35.8 Å². The predicted octanol–water partition coefficient (Wildman–Crippen LogP) is 1.14. The van der Waals surface area contributed by atoms with Gasteiger partial charge in [0, 0.05) is 19.3 Å². The van der Waals surface area contributed by atoms with Crippen LogP contribution in [-0.2, 0) is 10.0 Å². The number of aromatic nitrogens is 1. The molecular formula is C12H17N3O2S2. The number of nitrogens with two attached hydrogens (primary N) is 1. The highest BCUT2D eigenvalue weighted by Gasteiger charge is 2.36. The molecule has 2 heterocycles. The minimum absolute atomic E-state index is 0.0270. The second-order valence-electron chi connectivity index (χ2n) is 5.50. The zero-order valence-electron chi connectivity index (χ0n) is 11.0. The molecule has 0 amide bonds. The lowest BCUT2D eigenvalue weighted by atomic mass is 9.93. The number of thiocarbonyl (C=S) groups is 1. The first-order valence-corrected chi connectivity index (χ1v) is 7.83. The summed E-state index contributed by atoms with van der Waals surface area (Å²) in [5.41, 5.74) is 5.89. The van der Waals surface area contributed by atoms with Gasteiger partial charge in [-0.2, -0.15) is 4.31 Å². The summed E-state index contributed by atoms with van der Waals surface area (Å²) in [5.74, 6) is 0. The van der Waals surface area contributed by atoms with Crippen molar-refractivity contribution < 1.29 is 8.42 Å². The Morgan fingerprint density at radius 1 is 1.47 bits per heavy atom. The van der Waals surface area contributed by atoms with E-state index >= 15 is 0 Å². The number of nitrogens with zero attached hydrogens (tertiary/aromatic N) is 2. The standard InChI is InChI=1S/C12H17N3O2S2/c1-12(2)5-6-15(8-12)19(16,17)9-3-4-10(11(13)18)14-7-9/h3-4,7H,5-6,8H2,1-2H3,(H2,13,18). The van der Waals surface area contributed by atoms with E-state index in [4.69, 9.17) is 18.0 Å². The maximum atomic E-state index is 12.4. The van der Waals surface area contributed by atoms with Crippen molar-refractivity contribution >= 4 is 27.2 Å². The third-order valence-electron chi connectivity index (χ3n) is 3.27. The Morgan fingerprint density at radius 2 is 2.16 bits per heavy atom. The minimum Gasteiger partial charge on any atom is -0.388 e. The summed E-state index contributed by atoms with van der Waals surface area (Å²) in [6, 6.07) is 3.04. The molecule has 1 aromatic heterocycles. The molecule has 0 spiro atoms. The Labute approximate surface area is 118 Å². The van der Waals surface area contributed by atoms with Crippen molar-refractivity contribution in [2.75, 3.05) is 13.1 Å². The molecular weight excluding hydrogens is 282 g/mol. The quantitative estimate of drug-likeness (QED) is 0.847. The lowest BCUT2D eigenvalue weighted by Crippen LogP contribution is -2.30. The van der Waals surface area contributed by atoms with Gasteiger partial charge in [0.15, 0.2) is 0 Å². The smallest absolute Gasteiger partial charge is 0.244 e. The van der Waals surface area contributed by atoms with E-state index in [-0.39, 0.29) is 15.3 Å². The lowest BCUT2D eigenvalue weighted by molar-refractivity contribution is 0.375. The molecule has 1 fully saturated rings. The number of pyridine rings is 1. The van der Waals surface area contributed by atoms with Gasteiger partial charge in [0.2, 0.25) is 10.0 Å². The molecule has 1 saturated heterocycles. The van der Waals surface area contributed by atoms with E-state index < -0.39 is 10.0 Å². The second-order valence-corrected chi connectivity index (χ2v) is 7.87. The van der Waals surface area contributed by atoms with Gasteiger partial charge in [0.25, 0.3) is 0 Å². The fourth-order valence-corrected chi connectivity index (χ4v) is 3.79. The molecule has 0 bridgehead atoms. The van der Waals surface area contributed by atoms with Gasteiger partial charge >= 0.3 is 0 Å². The van der Waals surface area contributed by atoms with Crippen LogP contribution >= 0.6 is 12.2 Å². The third kappa shape index (κ3) is 2.93. The molecule has 0 aliphatic carbocycles. The molecule has 0 saturated carbocycles. The molecule has 0 aromatic carbocycles. The molecule has 104 valence electrons. The third-order valence-corrected chi connectivity index (χ3v) is 5.31. The van der Waals surface area contributed by atoms with Crippen LogP contribution in [0.4, 0.5) is 0 Å². The summed E-state index contributed by atoms with van der Waals surface area (Å²) >= 11 is 4.79. The van der Waals surface area contributed by atoms with Gasteiger partial charge in [-0.15, -0.1) is 0 Å². The van der Waals surface area contributed by atoms with Crippen LogP contribution in [0, 0.1) is 5.41 Å². The maximum absolute atomic E-state index is 12.4. The van der Waals surface area contributed by atoms with E-state index in [1.807, 2.05) is 0 Å². The molecule has 1 aliphatic heterocycles. The average molecular weight is 299 g/mol. The largest absolute Gasteiger partial charge is 0.388 e. The summed E-state index contributed by atoms with van der Waals surface area (Å²) in [6.07, 6.45) is 2.18. The predicted molar refractivity (Wildman–Crippen MR) is 77.3 cm³/mol. The molecule has 1 aliphatic rings. The Balaban J connectivity index is 2.28. The van der Waals surface area contributed by atoms with Gasteiger partial charge in [-0.25, -0.2) is 8.42 Å². The highest BCUT2D eigenvalue weighted by Crippen LogP contribution is 2.32. The van der Waals surface area contributed by atoms with Crippen LogP contribution in [0.15, 0.2) is 23.2 Å². The summed E-state index contributed by atoms with van der Waals surface area (Å²) in [5, 5.41) is 0. The molecule has 19 heavy (non-hydrogen) atoms. The Hall–Kier alpha value is -1.05.